The van der Waals surface area contributed by atoms with E-state index in [4.69, 9.17) is 9.15 Å². The molecular weight excluding hydrogens is 560 g/mol. The summed E-state index contributed by atoms with van der Waals surface area (Å²) in [7, 11) is 0. The van der Waals surface area contributed by atoms with Crippen LogP contribution in [0.1, 0.15) is 0 Å². The van der Waals surface area contributed by atoms with E-state index in [0.29, 0.717) is 0 Å². The third-order valence-electron chi connectivity index (χ3n) is 9.45. The minimum Gasteiger partial charge on any atom is -0.456 e. The van der Waals surface area contributed by atoms with Gasteiger partial charge in [-0.3, -0.25) is 0 Å². The molecule has 0 unspecified atom stereocenters. The number of hydrogen-bond donors (Lipinski definition) is 0. The third kappa shape index (κ3) is 3.77. The first-order valence-corrected chi connectivity index (χ1v) is 15.7. The van der Waals surface area contributed by atoms with Gasteiger partial charge in [0.15, 0.2) is 0 Å². The maximum Gasteiger partial charge on any atom is 0.143 e. The highest BCUT2D eigenvalue weighted by atomic mass is 16.5. The molecule has 0 bridgehead atoms. The van der Waals surface area contributed by atoms with Gasteiger partial charge >= 0.3 is 0 Å². The molecular formula is C44H26O2. The molecule has 1 aromatic heterocycles. The monoisotopic (exact) mass is 586 g/mol. The van der Waals surface area contributed by atoms with Gasteiger partial charge in [-0.05, 0) is 92.2 Å². The molecule has 2 heteroatoms. The Morgan fingerprint density at radius 2 is 1.07 bits per heavy atom. The highest BCUT2D eigenvalue weighted by Crippen LogP contribution is 2.48. The van der Waals surface area contributed by atoms with Gasteiger partial charge in [0.1, 0.15) is 22.7 Å². The van der Waals surface area contributed by atoms with E-state index in [9.17, 15) is 0 Å². The first-order chi connectivity index (χ1) is 22.8. The lowest BCUT2D eigenvalue weighted by Gasteiger charge is -2.22. The Morgan fingerprint density at radius 3 is 2.00 bits per heavy atom. The molecule has 0 saturated heterocycles. The normalized spacial score (nSPS) is 12.1. The number of ether oxygens (including phenoxy) is 1. The third-order valence-corrected chi connectivity index (χ3v) is 9.45. The Bertz CT molecular complexity index is 2660. The van der Waals surface area contributed by atoms with Crippen LogP contribution in [0.25, 0.3) is 88.0 Å². The van der Waals surface area contributed by atoms with Crippen molar-refractivity contribution in [2.45, 2.75) is 0 Å². The van der Waals surface area contributed by atoms with E-state index < -0.39 is 0 Å². The number of para-hydroxylation sites is 1. The van der Waals surface area contributed by atoms with E-state index in [-0.39, 0.29) is 0 Å². The van der Waals surface area contributed by atoms with Crippen molar-refractivity contribution in [2.24, 2.45) is 0 Å². The molecule has 2 heterocycles. The molecule has 214 valence electrons. The van der Waals surface area contributed by atoms with Crippen LogP contribution in [-0.4, -0.2) is 0 Å². The van der Waals surface area contributed by atoms with E-state index in [1.54, 1.807) is 0 Å². The van der Waals surface area contributed by atoms with Crippen LogP contribution in [0.15, 0.2) is 162 Å². The van der Waals surface area contributed by atoms with E-state index in [2.05, 4.69) is 146 Å². The lowest BCUT2D eigenvalue weighted by atomic mass is 9.90. The molecule has 2 nitrogen and oxygen atoms in total. The van der Waals surface area contributed by atoms with Gasteiger partial charge in [0, 0.05) is 27.1 Å². The van der Waals surface area contributed by atoms with Crippen molar-refractivity contribution >= 4 is 43.5 Å². The number of hydrogen-bond acceptors (Lipinski definition) is 2. The zero-order valence-electron chi connectivity index (χ0n) is 24.8. The van der Waals surface area contributed by atoms with Crippen LogP contribution >= 0.6 is 0 Å². The number of benzene rings is 8. The van der Waals surface area contributed by atoms with Gasteiger partial charge in [0.05, 0.1) is 0 Å². The second kappa shape index (κ2) is 9.69. The molecule has 0 fully saturated rings. The molecule has 46 heavy (non-hydrogen) atoms. The molecule has 9 aromatic rings. The van der Waals surface area contributed by atoms with Crippen LogP contribution in [0.3, 0.4) is 0 Å². The minimum absolute atomic E-state index is 0.904. The number of fused-ring (bicyclic) bond motifs is 7. The molecule has 1 aliphatic rings. The largest absolute Gasteiger partial charge is 0.456 e. The Morgan fingerprint density at radius 1 is 0.348 bits per heavy atom. The average Bonchev–Trinajstić information content (AvgIpc) is 3.51. The average molecular weight is 587 g/mol. The van der Waals surface area contributed by atoms with Crippen molar-refractivity contribution in [3.8, 4) is 56.0 Å². The van der Waals surface area contributed by atoms with Crippen LogP contribution < -0.4 is 4.74 Å². The fourth-order valence-electron chi connectivity index (χ4n) is 7.27. The van der Waals surface area contributed by atoms with Crippen molar-refractivity contribution in [3.05, 3.63) is 158 Å². The topological polar surface area (TPSA) is 22.4 Å². The van der Waals surface area contributed by atoms with Gasteiger partial charge < -0.3 is 9.15 Å². The predicted octanol–water partition coefficient (Wildman–Crippen LogP) is 12.7. The summed E-state index contributed by atoms with van der Waals surface area (Å²) in [6, 6.07) is 56.2. The van der Waals surface area contributed by atoms with Gasteiger partial charge in [-0.2, -0.15) is 0 Å². The quantitative estimate of drug-likeness (QED) is 0.205. The van der Waals surface area contributed by atoms with E-state index in [0.717, 1.165) is 44.4 Å². The molecule has 0 N–H and O–H groups in total. The molecule has 0 atom stereocenters. The summed E-state index contributed by atoms with van der Waals surface area (Å²) in [5, 5.41) is 7.00. The number of furan rings is 1. The molecule has 0 spiro atoms. The van der Waals surface area contributed by atoms with Crippen LogP contribution in [0, 0.1) is 0 Å². The fourth-order valence-corrected chi connectivity index (χ4v) is 7.27. The van der Waals surface area contributed by atoms with E-state index >= 15 is 0 Å². The van der Waals surface area contributed by atoms with Crippen molar-refractivity contribution < 1.29 is 9.15 Å². The first kappa shape index (κ1) is 25.2. The summed E-state index contributed by atoms with van der Waals surface area (Å²) >= 11 is 0. The van der Waals surface area contributed by atoms with E-state index in [1.165, 1.54) is 55.1 Å². The molecule has 0 amide bonds. The Balaban J connectivity index is 1.05. The minimum atomic E-state index is 0.904. The molecule has 8 aromatic carbocycles. The van der Waals surface area contributed by atoms with Crippen molar-refractivity contribution in [1.82, 2.24) is 0 Å². The summed E-state index contributed by atoms with van der Waals surface area (Å²) in [5.41, 5.74) is 11.3. The zero-order chi connectivity index (χ0) is 30.2. The Labute approximate surface area is 265 Å². The summed E-state index contributed by atoms with van der Waals surface area (Å²) in [6.45, 7) is 0. The van der Waals surface area contributed by atoms with Gasteiger partial charge in [0.2, 0.25) is 0 Å². The summed E-state index contributed by atoms with van der Waals surface area (Å²) in [5.74, 6) is 1.82. The van der Waals surface area contributed by atoms with Crippen LogP contribution in [0.5, 0.6) is 11.5 Å². The molecule has 0 saturated carbocycles. The standard InChI is InChI=1S/C44H26O2/c1-2-12-35-28(8-1)22-23-37-43-34(14-7-17-41(43)46-44(35)37)29-20-18-27(19-21-29)30-9-5-10-31(24-30)33-25-32-11-6-16-40-42(32)38(26-33)36-13-3-4-15-39(36)45-40/h1-26H. The number of rotatable bonds is 3. The molecule has 10 rings (SSSR count). The second-order valence-corrected chi connectivity index (χ2v) is 12.1. The SMILES string of the molecule is c1cc(-c2ccc(-c3cccc4oc5c6ccccc6ccc5c34)cc2)cc(-c2cc3c4c(cccc4c2)Oc2ccccc2-3)c1. The Hall–Kier alpha value is -6.12. The van der Waals surface area contributed by atoms with Gasteiger partial charge in [-0.15, -0.1) is 0 Å². The first-order valence-electron chi connectivity index (χ1n) is 15.7. The smallest absolute Gasteiger partial charge is 0.143 e. The van der Waals surface area contributed by atoms with E-state index in [1.807, 2.05) is 12.1 Å². The van der Waals surface area contributed by atoms with Crippen LogP contribution in [0.2, 0.25) is 0 Å². The summed E-state index contributed by atoms with van der Waals surface area (Å²) < 4.78 is 12.7. The fraction of sp³-hybridized carbons (Fsp3) is 0. The maximum atomic E-state index is 6.44. The molecule has 1 aliphatic heterocycles. The predicted molar refractivity (Wildman–Crippen MR) is 191 cm³/mol. The molecule has 0 aliphatic carbocycles. The Kier molecular flexibility index (Phi) is 5.31. The van der Waals surface area contributed by atoms with Crippen LogP contribution in [0.4, 0.5) is 0 Å². The highest BCUT2D eigenvalue weighted by Gasteiger charge is 2.21. The summed E-state index contributed by atoms with van der Waals surface area (Å²) in [4.78, 5) is 0. The lowest BCUT2D eigenvalue weighted by Crippen LogP contribution is -1.97. The summed E-state index contributed by atoms with van der Waals surface area (Å²) in [6.07, 6.45) is 0. The second-order valence-electron chi connectivity index (χ2n) is 12.1. The van der Waals surface area contributed by atoms with Crippen LogP contribution in [-0.2, 0) is 0 Å². The van der Waals surface area contributed by atoms with Crippen molar-refractivity contribution in [1.29, 1.82) is 0 Å². The van der Waals surface area contributed by atoms with Gasteiger partial charge in [0.25, 0.3) is 0 Å². The van der Waals surface area contributed by atoms with Crippen molar-refractivity contribution in [3.63, 3.8) is 0 Å². The highest BCUT2D eigenvalue weighted by molar-refractivity contribution is 6.19. The van der Waals surface area contributed by atoms with Gasteiger partial charge in [-0.25, -0.2) is 0 Å². The van der Waals surface area contributed by atoms with Crippen molar-refractivity contribution in [2.75, 3.05) is 0 Å². The lowest BCUT2D eigenvalue weighted by molar-refractivity contribution is 0.487. The zero-order valence-corrected chi connectivity index (χ0v) is 24.8. The molecule has 0 radical (unpaired) electrons. The van der Waals surface area contributed by atoms with Gasteiger partial charge in [-0.1, -0.05) is 115 Å². The maximum absolute atomic E-state index is 6.44.